The molecule has 2 N–H and O–H groups in total. The predicted octanol–water partition coefficient (Wildman–Crippen LogP) is 3.65. The third kappa shape index (κ3) is 7.83. The van der Waals surface area contributed by atoms with Gasteiger partial charge in [0.2, 0.25) is 5.91 Å². The van der Waals surface area contributed by atoms with Gasteiger partial charge in [0.25, 0.3) is 0 Å². The lowest BCUT2D eigenvalue weighted by Crippen LogP contribution is -2.35. The number of hydrogen-bond donors (Lipinski definition) is 2. The number of nitrogens with one attached hydrogen (secondary N) is 2. The minimum absolute atomic E-state index is 0.0593. The predicted molar refractivity (Wildman–Crippen MR) is 109 cm³/mol. The van der Waals surface area contributed by atoms with Crippen molar-refractivity contribution in [1.29, 1.82) is 0 Å². The Bertz CT molecular complexity index is 692. The molecular formula is C21H31N3O3. The van der Waals surface area contributed by atoms with E-state index >= 15 is 0 Å². The molecule has 1 aromatic carbocycles. The molecule has 0 saturated carbocycles. The van der Waals surface area contributed by atoms with Gasteiger partial charge in [0, 0.05) is 38.8 Å². The van der Waals surface area contributed by atoms with Gasteiger partial charge in [-0.05, 0) is 56.9 Å². The van der Waals surface area contributed by atoms with Crippen molar-refractivity contribution < 1.29 is 14.3 Å². The monoisotopic (exact) mass is 373 g/mol. The van der Waals surface area contributed by atoms with E-state index in [2.05, 4.69) is 27.7 Å². The topological polar surface area (TPSA) is 70.7 Å². The van der Waals surface area contributed by atoms with E-state index in [0.29, 0.717) is 6.54 Å². The van der Waals surface area contributed by atoms with Crippen LogP contribution < -0.4 is 10.6 Å². The molecule has 6 heteroatoms. The van der Waals surface area contributed by atoms with Crippen LogP contribution in [0.2, 0.25) is 0 Å². The molecule has 1 aromatic rings. The molecule has 0 bridgehead atoms. The normalized spacial score (nSPS) is 15.0. The number of benzene rings is 1. The Kier molecular flexibility index (Phi) is 7.42. The summed E-state index contributed by atoms with van der Waals surface area (Å²) in [5, 5.41) is 5.63. The maximum absolute atomic E-state index is 11.6. The standard InChI is InChI=1S/C21H31N3O3/c1-16(25)23-19-8-5-7-18(15-19)17-9-13-24(14-10-17)12-6-11-22-20(26)27-21(2,3)4/h5,7-9,15H,6,10-14H2,1-4H3,(H,22,26)(H,23,25). The van der Waals surface area contributed by atoms with E-state index in [0.717, 1.165) is 43.7 Å². The summed E-state index contributed by atoms with van der Waals surface area (Å²) in [6.45, 7) is 10.5. The van der Waals surface area contributed by atoms with Crippen LogP contribution >= 0.6 is 0 Å². The number of hydrogen-bond acceptors (Lipinski definition) is 4. The van der Waals surface area contributed by atoms with E-state index in [1.165, 1.54) is 12.5 Å². The van der Waals surface area contributed by atoms with Crippen LogP contribution in [0.25, 0.3) is 5.57 Å². The number of nitrogens with zero attached hydrogens (tertiary/aromatic N) is 1. The molecule has 1 heterocycles. The van der Waals surface area contributed by atoms with Gasteiger partial charge in [-0.1, -0.05) is 18.2 Å². The van der Waals surface area contributed by atoms with Gasteiger partial charge in [-0.2, -0.15) is 0 Å². The van der Waals surface area contributed by atoms with Gasteiger partial charge in [-0.15, -0.1) is 0 Å². The quantitative estimate of drug-likeness (QED) is 0.747. The molecular weight excluding hydrogens is 342 g/mol. The zero-order valence-corrected chi connectivity index (χ0v) is 16.8. The average molecular weight is 373 g/mol. The number of anilines is 1. The molecule has 0 unspecified atom stereocenters. The first-order valence-electron chi connectivity index (χ1n) is 9.49. The smallest absolute Gasteiger partial charge is 0.407 e. The molecule has 2 rings (SSSR count). The van der Waals surface area contributed by atoms with E-state index in [9.17, 15) is 9.59 Å². The minimum Gasteiger partial charge on any atom is -0.444 e. The molecule has 1 aliphatic heterocycles. The highest BCUT2D eigenvalue weighted by Gasteiger charge is 2.16. The molecule has 1 aliphatic rings. The second-order valence-electron chi connectivity index (χ2n) is 7.82. The Balaban J connectivity index is 1.75. The summed E-state index contributed by atoms with van der Waals surface area (Å²) in [4.78, 5) is 25.2. The Morgan fingerprint density at radius 1 is 1.26 bits per heavy atom. The van der Waals surface area contributed by atoms with Crippen molar-refractivity contribution in [2.75, 3.05) is 31.5 Å². The van der Waals surface area contributed by atoms with Crippen LogP contribution in [0.15, 0.2) is 30.3 Å². The lowest BCUT2D eigenvalue weighted by atomic mass is 9.99. The molecule has 0 aliphatic carbocycles. The Labute approximate surface area is 162 Å². The fourth-order valence-corrected chi connectivity index (χ4v) is 2.98. The second-order valence-corrected chi connectivity index (χ2v) is 7.82. The highest BCUT2D eigenvalue weighted by atomic mass is 16.6. The molecule has 0 fully saturated rings. The SMILES string of the molecule is CC(=O)Nc1cccc(C2=CCN(CCCNC(=O)OC(C)(C)C)CC2)c1. The lowest BCUT2D eigenvalue weighted by molar-refractivity contribution is -0.114. The molecule has 0 spiro atoms. The summed E-state index contributed by atoms with van der Waals surface area (Å²) in [5.41, 5.74) is 2.84. The number of ether oxygens (including phenoxy) is 1. The highest BCUT2D eigenvalue weighted by Crippen LogP contribution is 2.24. The van der Waals surface area contributed by atoms with Crippen LogP contribution in [0.1, 0.15) is 46.1 Å². The number of carbonyl (C=O) groups excluding carboxylic acids is 2. The van der Waals surface area contributed by atoms with Crippen molar-refractivity contribution in [3.8, 4) is 0 Å². The zero-order chi connectivity index (χ0) is 19.9. The number of rotatable bonds is 6. The van der Waals surface area contributed by atoms with Crippen molar-refractivity contribution in [3.63, 3.8) is 0 Å². The Morgan fingerprint density at radius 3 is 2.67 bits per heavy atom. The first kappa shape index (κ1) is 21.0. The number of amides is 2. The molecule has 0 saturated heterocycles. The van der Waals surface area contributed by atoms with E-state index in [1.54, 1.807) is 0 Å². The maximum Gasteiger partial charge on any atom is 0.407 e. The molecule has 0 aromatic heterocycles. The van der Waals surface area contributed by atoms with Crippen molar-refractivity contribution in [1.82, 2.24) is 10.2 Å². The summed E-state index contributed by atoms with van der Waals surface area (Å²) in [6, 6.07) is 7.97. The van der Waals surface area contributed by atoms with Crippen LogP contribution in [-0.2, 0) is 9.53 Å². The third-order valence-corrected chi connectivity index (χ3v) is 4.17. The van der Waals surface area contributed by atoms with Gasteiger partial charge in [-0.25, -0.2) is 4.79 Å². The Morgan fingerprint density at radius 2 is 2.04 bits per heavy atom. The molecule has 0 atom stereocenters. The van der Waals surface area contributed by atoms with Crippen molar-refractivity contribution in [3.05, 3.63) is 35.9 Å². The van der Waals surface area contributed by atoms with Crippen LogP contribution in [0, 0.1) is 0 Å². The van der Waals surface area contributed by atoms with Crippen molar-refractivity contribution in [2.24, 2.45) is 0 Å². The molecule has 27 heavy (non-hydrogen) atoms. The highest BCUT2D eigenvalue weighted by molar-refractivity contribution is 5.89. The van der Waals surface area contributed by atoms with Crippen LogP contribution in [0.4, 0.5) is 10.5 Å². The first-order valence-corrected chi connectivity index (χ1v) is 9.49. The van der Waals surface area contributed by atoms with E-state index in [1.807, 2.05) is 39.0 Å². The van der Waals surface area contributed by atoms with Gasteiger partial charge in [-0.3, -0.25) is 9.69 Å². The summed E-state index contributed by atoms with van der Waals surface area (Å²) >= 11 is 0. The van der Waals surface area contributed by atoms with Gasteiger partial charge in [0.1, 0.15) is 5.60 Å². The summed E-state index contributed by atoms with van der Waals surface area (Å²) in [6.07, 6.45) is 3.75. The van der Waals surface area contributed by atoms with Gasteiger partial charge < -0.3 is 15.4 Å². The maximum atomic E-state index is 11.6. The van der Waals surface area contributed by atoms with E-state index in [-0.39, 0.29) is 12.0 Å². The second kappa shape index (κ2) is 9.55. The average Bonchev–Trinajstić information content (AvgIpc) is 2.57. The minimum atomic E-state index is -0.463. The van der Waals surface area contributed by atoms with Crippen molar-refractivity contribution in [2.45, 2.75) is 46.1 Å². The van der Waals surface area contributed by atoms with Crippen LogP contribution in [0.5, 0.6) is 0 Å². The summed E-state index contributed by atoms with van der Waals surface area (Å²) < 4.78 is 5.23. The molecule has 6 nitrogen and oxygen atoms in total. The summed E-state index contributed by atoms with van der Waals surface area (Å²) in [5.74, 6) is -0.0593. The number of alkyl carbamates (subject to hydrolysis) is 1. The Hall–Kier alpha value is -2.34. The van der Waals surface area contributed by atoms with Gasteiger partial charge in [0.15, 0.2) is 0 Å². The van der Waals surface area contributed by atoms with Gasteiger partial charge >= 0.3 is 6.09 Å². The fourth-order valence-electron chi connectivity index (χ4n) is 2.98. The van der Waals surface area contributed by atoms with Crippen LogP contribution in [-0.4, -0.2) is 48.7 Å². The van der Waals surface area contributed by atoms with Crippen molar-refractivity contribution >= 4 is 23.3 Å². The molecule has 2 amide bonds. The lowest BCUT2D eigenvalue weighted by Gasteiger charge is -2.26. The third-order valence-electron chi connectivity index (χ3n) is 4.17. The first-order chi connectivity index (χ1) is 12.7. The summed E-state index contributed by atoms with van der Waals surface area (Å²) in [7, 11) is 0. The fraction of sp³-hybridized carbons (Fsp3) is 0.524. The van der Waals surface area contributed by atoms with Gasteiger partial charge in [0.05, 0.1) is 0 Å². The number of carbonyl (C=O) groups is 2. The largest absolute Gasteiger partial charge is 0.444 e. The zero-order valence-electron chi connectivity index (χ0n) is 16.8. The van der Waals surface area contributed by atoms with E-state index in [4.69, 9.17) is 4.74 Å². The molecule has 148 valence electrons. The van der Waals surface area contributed by atoms with E-state index < -0.39 is 5.60 Å². The van der Waals surface area contributed by atoms with Crippen LogP contribution in [0.3, 0.4) is 0 Å². The molecule has 0 radical (unpaired) electrons.